The summed E-state index contributed by atoms with van der Waals surface area (Å²) in [6.07, 6.45) is 6.55. The Bertz CT molecular complexity index is 1390. The smallest absolute Gasteiger partial charge is 0.340 e. The van der Waals surface area contributed by atoms with Gasteiger partial charge in [-0.15, -0.1) is 0 Å². The molecule has 2 atom stereocenters. The molecule has 0 radical (unpaired) electrons. The number of rotatable bonds is 12. The first-order valence-electron chi connectivity index (χ1n) is 13.3. The lowest BCUT2D eigenvalue weighted by molar-refractivity contribution is -0.132. The summed E-state index contributed by atoms with van der Waals surface area (Å²) in [5.74, 6) is -2.97. The molecule has 0 aliphatic carbocycles. The molecular formula is C30H33N3O6S. The van der Waals surface area contributed by atoms with Crippen molar-refractivity contribution in [2.75, 3.05) is 24.6 Å². The highest BCUT2D eigenvalue weighted by atomic mass is 32.2. The Morgan fingerprint density at radius 1 is 1.02 bits per heavy atom. The van der Waals surface area contributed by atoms with Gasteiger partial charge in [-0.2, -0.15) is 11.8 Å². The second-order valence-electron chi connectivity index (χ2n) is 9.98. The van der Waals surface area contributed by atoms with Gasteiger partial charge >= 0.3 is 5.97 Å². The number of phenols is 1. The minimum atomic E-state index is -1.27. The average molecular weight is 564 g/mol. The molecule has 4 rings (SSSR count). The Labute approximate surface area is 236 Å². The standard InChI is InChI=1S/C30H33N3O6S/c31-29(37)23(24-16-25(34)27(30(38)39)22-9-3-2-8-21(22)24)10-14-40-18-20(28(36)19-7-6-11-32-17-19)15-26(35)33-12-4-1-5-13-33/h2-3,6-9,11,16-17,20,23,34H,1,4-5,10,12-15,18H2,(H2,31,37)(H,38,39). The number of likely N-dealkylation sites (tertiary alicyclic amines) is 1. The molecule has 0 saturated carbocycles. The highest BCUT2D eigenvalue weighted by molar-refractivity contribution is 7.99. The number of fused-ring (bicyclic) bond motifs is 1. The van der Waals surface area contributed by atoms with Crippen LogP contribution in [0, 0.1) is 5.92 Å². The number of thioether (sulfide) groups is 1. The Balaban J connectivity index is 1.49. The maximum absolute atomic E-state index is 13.3. The number of hydrogen-bond acceptors (Lipinski definition) is 7. The van der Waals surface area contributed by atoms with Gasteiger partial charge in [-0.25, -0.2) is 4.79 Å². The van der Waals surface area contributed by atoms with Crippen molar-refractivity contribution in [3.63, 3.8) is 0 Å². The number of Topliss-reactive ketones (excluding diaryl/α,β-unsaturated/α-hetero) is 1. The van der Waals surface area contributed by atoms with E-state index < -0.39 is 29.5 Å². The van der Waals surface area contributed by atoms with Crippen LogP contribution in [0.25, 0.3) is 10.8 Å². The van der Waals surface area contributed by atoms with Crippen molar-refractivity contribution in [3.8, 4) is 5.75 Å². The van der Waals surface area contributed by atoms with E-state index in [0.29, 0.717) is 52.9 Å². The van der Waals surface area contributed by atoms with Gasteiger partial charge in [0.1, 0.15) is 11.3 Å². The van der Waals surface area contributed by atoms with Crippen LogP contribution in [-0.2, 0) is 9.59 Å². The van der Waals surface area contributed by atoms with Crippen LogP contribution in [0.15, 0.2) is 54.9 Å². The van der Waals surface area contributed by atoms with E-state index in [2.05, 4.69) is 4.98 Å². The first-order chi connectivity index (χ1) is 19.3. The molecule has 9 nitrogen and oxygen atoms in total. The van der Waals surface area contributed by atoms with Crippen molar-refractivity contribution in [2.45, 2.75) is 38.0 Å². The van der Waals surface area contributed by atoms with Crippen LogP contribution in [0.4, 0.5) is 0 Å². The number of nitrogens with zero attached hydrogens (tertiary/aromatic N) is 2. The highest BCUT2D eigenvalue weighted by Crippen LogP contribution is 2.36. The molecule has 3 aromatic rings. The SMILES string of the molecule is NC(=O)C(CCSCC(CC(=O)N1CCCCC1)C(=O)c1cccnc1)c1cc(O)c(C(=O)O)c2ccccc12. The van der Waals surface area contributed by atoms with Crippen LogP contribution in [-0.4, -0.2) is 68.3 Å². The van der Waals surface area contributed by atoms with E-state index in [1.165, 1.54) is 24.0 Å². The van der Waals surface area contributed by atoms with Crippen molar-refractivity contribution in [1.29, 1.82) is 0 Å². The van der Waals surface area contributed by atoms with Crippen molar-refractivity contribution in [2.24, 2.45) is 11.7 Å². The van der Waals surface area contributed by atoms with Crippen LogP contribution >= 0.6 is 11.8 Å². The van der Waals surface area contributed by atoms with E-state index in [0.717, 1.165) is 19.3 Å². The summed E-state index contributed by atoms with van der Waals surface area (Å²) >= 11 is 1.45. The molecule has 1 aromatic heterocycles. The Kier molecular flexibility index (Phi) is 9.76. The third-order valence-corrected chi connectivity index (χ3v) is 8.47. The van der Waals surface area contributed by atoms with Crippen LogP contribution in [0.3, 0.4) is 0 Å². The number of aromatic hydroxyl groups is 1. The number of carboxylic acids is 1. The first kappa shape index (κ1) is 29.1. The molecule has 40 heavy (non-hydrogen) atoms. The van der Waals surface area contributed by atoms with Gasteiger partial charge < -0.3 is 20.8 Å². The number of benzene rings is 2. The summed E-state index contributed by atoms with van der Waals surface area (Å²) in [6.45, 7) is 1.42. The van der Waals surface area contributed by atoms with Gasteiger partial charge in [0.25, 0.3) is 0 Å². The van der Waals surface area contributed by atoms with E-state index >= 15 is 0 Å². The van der Waals surface area contributed by atoms with Gasteiger partial charge in [-0.3, -0.25) is 19.4 Å². The molecule has 4 N–H and O–H groups in total. The summed E-state index contributed by atoms with van der Waals surface area (Å²) in [5, 5.41) is 20.9. The number of primary amides is 1. The fourth-order valence-electron chi connectivity index (χ4n) is 5.23. The summed E-state index contributed by atoms with van der Waals surface area (Å²) in [5.41, 5.74) is 6.44. The molecule has 1 fully saturated rings. The quantitative estimate of drug-likeness (QED) is 0.219. The molecule has 2 aromatic carbocycles. The number of ketones is 1. The number of aromatic nitrogens is 1. The number of carboxylic acid groups (broad SMARTS) is 1. The summed E-state index contributed by atoms with van der Waals surface area (Å²) in [6, 6.07) is 11.4. The molecule has 2 amide bonds. The number of piperidine rings is 1. The van der Waals surface area contributed by atoms with E-state index in [1.807, 2.05) is 4.90 Å². The second kappa shape index (κ2) is 13.4. The van der Waals surface area contributed by atoms with Crippen molar-refractivity contribution in [1.82, 2.24) is 9.88 Å². The highest BCUT2D eigenvalue weighted by Gasteiger charge is 2.28. The summed E-state index contributed by atoms with van der Waals surface area (Å²) < 4.78 is 0. The van der Waals surface area contributed by atoms with Gasteiger partial charge in [-0.1, -0.05) is 24.3 Å². The molecule has 0 spiro atoms. The number of nitrogens with two attached hydrogens (primary N) is 1. The molecule has 10 heteroatoms. The predicted octanol–water partition coefficient (Wildman–Crippen LogP) is 4.23. The van der Waals surface area contributed by atoms with Crippen molar-refractivity contribution >= 4 is 46.1 Å². The van der Waals surface area contributed by atoms with Crippen LogP contribution < -0.4 is 5.73 Å². The molecule has 0 bridgehead atoms. The van der Waals surface area contributed by atoms with E-state index in [-0.39, 0.29) is 23.7 Å². The van der Waals surface area contributed by atoms with Gasteiger partial charge in [0, 0.05) is 54.5 Å². The summed E-state index contributed by atoms with van der Waals surface area (Å²) in [4.78, 5) is 56.5. The molecule has 1 aliphatic heterocycles. The monoisotopic (exact) mass is 563 g/mol. The third-order valence-electron chi connectivity index (χ3n) is 7.31. The molecular weight excluding hydrogens is 530 g/mol. The van der Waals surface area contributed by atoms with E-state index in [9.17, 15) is 29.4 Å². The van der Waals surface area contributed by atoms with Crippen LogP contribution in [0.2, 0.25) is 0 Å². The Morgan fingerprint density at radius 3 is 2.40 bits per heavy atom. The average Bonchev–Trinajstić information content (AvgIpc) is 2.96. The number of amides is 2. The van der Waals surface area contributed by atoms with Crippen LogP contribution in [0.1, 0.15) is 64.3 Å². The fourth-order valence-corrected chi connectivity index (χ4v) is 6.36. The topological polar surface area (TPSA) is 151 Å². The maximum Gasteiger partial charge on any atom is 0.340 e. The lowest BCUT2D eigenvalue weighted by Gasteiger charge is -2.28. The summed E-state index contributed by atoms with van der Waals surface area (Å²) in [7, 11) is 0. The Morgan fingerprint density at radius 2 is 1.75 bits per heavy atom. The maximum atomic E-state index is 13.3. The molecule has 1 saturated heterocycles. The Hall–Kier alpha value is -3.92. The van der Waals surface area contributed by atoms with E-state index in [1.54, 1.807) is 42.6 Å². The molecule has 2 unspecified atom stereocenters. The largest absolute Gasteiger partial charge is 0.507 e. The van der Waals surface area contributed by atoms with Gasteiger partial charge in [0.2, 0.25) is 11.8 Å². The third kappa shape index (κ3) is 6.80. The minimum Gasteiger partial charge on any atom is -0.507 e. The predicted molar refractivity (Wildman–Crippen MR) is 154 cm³/mol. The molecule has 1 aliphatic rings. The molecule has 2 heterocycles. The lowest BCUT2D eigenvalue weighted by Crippen LogP contribution is -2.38. The molecule has 210 valence electrons. The van der Waals surface area contributed by atoms with Gasteiger partial charge in [-0.05, 0) is 60.6 Å². The second-order valence-corrected chi connectivity index (χ2v) is 11.1. The number of pyridine rings is 1. The number of carbonyl (C=O) groups excluding carboxylic acids is 3. The minimum absolute atomic E-state index is 0.0296. The zero-order chi connectivity index (χ0) is 28.6. The number of carbonyl (C=O) groups is 4. The van der Waals surface area contributed by atoms with Crippen molar-refractivity contribution in [3.05, 3.63) is 71.5 Å². The fraction of sp³-hybridized carbons (Fsp3) is 0.367. The van der Waals surface area contributed by atoms with Gasteiger partial charge in [0.15, 0.2) is 5.78 Å². The van der Waals surface area contributed by atoms with Gasteiger partial charge in [0.05, 0.1) is 5.92 Å². The number of hydrogen-bond donors (Lipinski definition) is 3. The zero-order valence-corrected chi connectivity index (χ0v) is 22.9. The van der Waals surface area contributed by atoms with Crippen molar-refractivity contribution < 1.29 is 29.4 Å². The number of aromatic carboxylic acids is 1. The lowest BCUT2D eigenvalue weighted by atomic mass is 9.88. The first-order valence-corrected chi connectivity index (χ1v) is 14.5. The van der Waals surface area contributed by atoms with Crippen LogP contribution in [0.5, 0.6) is 5.75 Å². The van der Waals surface area contributed by atoms with E-state index in [4.69, 9.17) is 5.73 Å². The normalized spacial score (nSPS) is 14.9. The zero-order valence-electron chi connectivity index (χ0n) is 22.1.